The van der Waals surface area contributed by atoms with Crippen LogP contribution in [0, 0.1) is 0 Å². The molecule has 0 unspecified atom stereocenters. The van der Waals surface area contributed by atoms with Gasteiger partial charge in [0.25, 0.3) is 5.91 Å². The molecule has 0 atom stereocenters. The van der Waals surface area contributed by atoms with E-state index in [2.05, 4.69) is 10.3 Å². The molecule has 1 aliphatic rings. The molecule has 0 saturated carbocycles. The number of benzene rings is 1. The van der Waals surface area contributed by atoms with Crippen LogP contribution in [0.4, 0.5) is 13.2 Å². The molecule has 0 fully saturated rings. The highest BCUT2D eigenvalue weighted by atomic mass is 35.5. The molecule has 3 rings (SSSR count). The highest BCUT2D eigenvalue weighted by Gasteiger charge is 2.31. The Kier molecular flexibility index (Phi) is 5.59. The predicted molar refractivity (Wildman–Crippen MR) is 89.5 cm³/mol. The lowest BCUT2D eigenvalue weighted by Crippen LogP contribution is -2.29. The van der Waals surface area contributed by atoms with E-state index in [-0.39, 0.29) is 24.1 Å². The van der Waals surface area contributed by atoms with Crippen molar-refractivity contribution >= 4 is 17.5 Å². The molecule has 1 aromatic heterocycles. The van der Waals surface area contributed by atoms with Crippen LogP contribution in [0.1, 0.15) is 15.9 Å². The van der Waals surface area contributed by atoms with E-state index >= 15 is 0 Å². The molecule has 1 aliphatic heterocycles. The summed E-state index contributed by atoms with van der Waals surface area (Å²) < 4.78 is 53.8. The number of hydrogen-bond acceptors (Lipinski definition) is 5. The Morgan fingerprint density at radius 3 is 2.81 bits per heavy atom. The molecule has 1 N–H and O–H groups in total. The molecule has 0 bridgehead atoms. The van der Waals surface area contributed by atoms with Gasteiger partial charge in [0.2, 0.25) is 5.88 Å². The lowest BCUT2D eigenvalue weighted by atomic mass is 10.1. The zero-order valence-corrected chi connectivity index (χ0v) is 14.6. The van der Waals surface area contributed by atoms with Crippen LogP contribution < -0.4 is 19.5 Å². The maximum absolute atomic E-state index is 12.6. The number of hydrogen-bond donors (Lipinski definition) is 1. The standard InChI is InChI=1S/C17H14ClF3N2O4/c18-12-8-10(17(19,20)21)9-23-16(12)27-5-4-22-15(24)11-2-1-3-13-14(11)26-7-6-25-13/h1-3,8-9H,4-7H2,(H,22,24). The van der Waals surface area contributed by atoms with E-state index in [1.807, 2.05) is 0 Å². The quantitative estimate of drug-likeness (QED) is 0.777. The summed E-state index contributed by atoms with van der Waals surface area (Å²) in [6, 6.07) is 5.70. The number of para-hydroxylation sites is 1. The molecule has 144 valence electrons. The lowest BCUT2D eigenvalue weighted by molar-refractivity contribution is -0.137. The van der Waals surface area contributed by atoms with Crippen LogP contribution in [0.5, 0.6) is 17.4 Å². The number of ether oxygens (including phenoxy) is 3. The van der Waals surface area contributed by atoms with Crippen molar-refractivity contribution in [1.29, 1.82) is 0 Å². The van der Waals surface area contributed by atoms with Crippen LogP contribution in [0.15, 0.2) is 30.5 Å². The van der Waals surface area contributed by atoms with Crippen molar-refractivity contribution in [3.8, 4) is 17.4 Å². The first-order valence-electron chi connectivity index (χ1n) is 7.88. The van der Waals surface area contributed by atoms with Crippen molar-refractivity contribution in [3.63, 3.8) is 0 Å². The summed E-state index contributed by atoms with van der Waals surface area (Å²) in [6.45, 7) is 0.809. The molecule has 0 saturated heterocycles. The molecular weight excluding hydrogens is 389 g/mol. The van der Waals surface area contributed by atoms with Crippen LogP contribution in [0.25, 0.3) is 0 Å². The maximum atomic E-state index is 12.6. The number of pyridine rings is 1. The first-order chi connectivity index (χ1) is 12.9. The molecule has 0 aliphatic carbocycles. The molecule has 2 heterocycles. The number of amides is 1. The third kappa shape index (κ3) is 4.54. The van der Waals surface area contributed by atoms with Crippen molar-refractivity contribution in [1.82, 2.24) is 10.3 Å². The second-order valence-electron chi connectivity index (χ2n) is 5.44. The lowest BCUT2D eigenvalue weighted by Gasteiger charge is -2.20. The van der Waals surface area contributed by atoms with Crippen LogP contribution in [0.3, 0.4) is 0 Å². The number of carbonyl (C=O) groups excluding carboxylic acids is 1. The zero-order valence-electron chi connectivity index (χ0n) is 13.8. The summed E-state index contributed by atoms with van der Waals surface area (Å²) in [5.41, 5.74) is -0.651. The van der Waals surface area contributed by atoms with Gasteiger partial charge in [0, 0.05) is 6.20 Å². The predicted octanol–water partition coefficient (Wildman–Crippen LogP) is 3.33. The number of carbonyl (C=O) groups is 1. The number of nitrogens with zero attached hydrogens (tertiary/aromatic N) is 1. The number of rotatable bonds is 5. The average molecular weight is 403 g/mol. The Bertz CT molecular complexity index is 845. The number of halogens is 4. The first-order valence-corrected chi connectivity index (χ1v) is 8.26. The topological polar surface area (TPSA) is 69.7 Å². The molecule has 6 nitrogen and oxygen atoms in total. The molecule has 0 radical (unpaired) electrons. The third-order valence-electron chi connectivity index (χ3n) is 3.57. The van der Waals surface area contributed by atoms with E-state index in [0.29, 0.717) is 36.5 Å². The maximum Gasteiger partial charge on any atom is 0.417 e. The van der Waals surface area contributed by atoms with E-state index in [4.69, 9.17) is 25.8 Å². The largest absolute Gasteiger partial charge is 0.486 e. The minimum Gasteiger partial charge on any atom is -0.486 e. The fraction of sp³-hybridized carbons (Fsp3) is 0.294. The smallest absolute Gasteiger partial charge is 0.417 e. The molecule has 10 heteroatoms. The summed E-state index contributed by atoms with van der Waals surface area (Å²) in [5, 5.41) is 2.36. The van der Waals surface area contributed by atoms with Crippen molar-refractivity contribution in [3.05, 3.63) is 46.6 Å². The van der Waals surface area contributed by atoms with Crippen LogP contribution >= 0.6 is 11.6 Å². The summed E-state index contributed by atoms with van der Waals surface area (Å²) in [6.07, 6.45) is -3.91. The Balaban J connectivity index is 1.54. The van der Waals surface area contributed by atoms with Crippen molar-refractivity contribution in [2.24, 2.45) is 0 Å². The Morgan fingerprint density at radius 2 is 2.07 bits per heavy atom. The van der Waals surface area contributed by atoms with Gasteiger partial charge in [-0.3, -0.25) is 4.79 Å². The Labute approximate surface area is 157 Å². The average Bonchev–Trinajstić information content (AvgIpc) is 2.64. The van der Waals surface area contributed by atoms with Crippen LogP contribution in [-0.2, 0) is 6.18 Å². The van der Waals surface area contributed by atoms with E-state index < -0.39 is 17.6 Å². The summed E-state index contributed by atoms with van der Waals surface area (Å²) in [7, 11) is 0. The number of aromatic nitrogens is 1. The van der Waals surface area contributed by atoms with Crippen molar-refractivity contribution in [2.75, 3.05) is 26.4 Å². The van der Waals surface area contributed by atoms with Crippen molar-refractivity contribution in [2.45, 2.75) is 6.18 Å². The van der Waals surface area contributed by atoms with Gasteiger partial charge in [-0.25, -0.2) is 4.98 Å². The van der Waals surface area contributed by atoms with Crippen LogP contribution in [0.2, 0.25) is 5.02 Å². The molecule has 2 aromatic rings. The van der Waals surface area contributed by atoms with Gasteiger partial charge in [0.15, 0.2) is 11.5 Å². The molecule has 27 heavy (non-hydrogen) atoms. The van der Waals surface area contributed by atoms with Gasteiger partial charge < -0.3 is 19.5 Å². The van der Waals surface area contributed by atoms with Gasteiger partial charge in [-0.05, 0) is 18.2 Å². The normalized spacial score (nSPS) is 13.2. The second kappa shape index (κ2) is 7.91. The highest BCUT2D eigenvalue weighted by Crippen LogP contribution is 2.34. The molecule has 1 aromatic carbocycles. The van der Waals surface area contributed by atoms with Gasteiger partial charge in [0.05, 0.1) is 17.7 Å². The minimum absolute atomic E-state index is 0.0315. The SMILES string of the molecule is O=C(NCCOc1ncc(C(F)(F)F)cc1Cl)c1cccc2c1OCCO2. The van der Waals surface area contributed by atoms with Gasteiger partial charge in [-0.2, -0.15) is 13.2 Å². The first kappa shape index (κ1) is 19.1. The van der Waals surface area contributed by atoms with E-state index in [1.165, 1.54) is 0 Å². The Hall–Kier alpha value is -2.68. The summed E-state index contributed by atoms with van der Waals surface area (Å²) in [4.78, 5) is 15.8. The molecule has 1 amide bonds. The van der Waals surface area contributed by atoms with Gasteiger partial charge in [-0.1, -0.05) is 17.7 Å². The van der Waals surface area contributed by atoms with Gasteiger partial charge in [0.1, 0.15) is 24.8 Å². The van der Waals surface area contributed by atoms with E-state index in [0.717, 1.165) is 6.07 Å². The van der Waals surface area contributed by atoms with E-state index in [1.54, 1.807) is 18.2 Å². The fourth-order valence-electron chi connectivity index (χ4n) is 2.35. The Morgan fingerprint density at radius 1 is 1.30 bits per heavy atom. The monoisotopic (exact) mass is 402 g/mol. The molecular formula is C17H14ClF3N2O4. The summed E-state index contributed by atoms with van der Waals surface area (Å²) in [5.74, 6) is 0.320. The number of alkyl halides is 3. The fourth-order valence-corrected chi connectivity index (χ4v) is 2.57. The van der Waals surface area contributed by atoms with Crippen LogP contribution in [-0.4, -0.2) is 37.3 Å². The number of fused-ring (bicyclic) bond motifs is 1. The van der Waals surface area contributed by atoms with Gasteiger partial charge >= 0.3 is 6.18 Å². The van der Waals surface area contributed by atoms with E-state index in [9.17, 15) is 18.0 Å². The second-order valence-corrected chi connectivity index (χ2v) is 5.85. The minimum atomic E-state index is -4.54. The van der Waals surface area contributed by atoms with Gasteiger partial charge in [-0.15, -0.1) is 0 Å². The highest BCUT2D eigenvalue weighted by molar-refractivity contribution is 6.31. The zero-order chi connectivity index (χ0) is 19.4. The molecule has 0 spiro atoms. The van der Waals surface area contributed by atoms with Crippen molar-refractivity contribution < 1.29 is 32.2 Å². The third-order valence-corrected chi connectivity index (χ3v) is 3.84. The number of nitrogens with one attached hydrogen (secondary N) is 1. The summed E-state index contributed by atoms with van der Waals surface area (Å²) >= 11 is 5.75.